The lowest BCUT2D eigenvalue weighted by Crippen LogP contribution is -1.96. The van der Waals surface area contributed by atoms with Gasteiger partial charge < -0.3 is 22.8 Å². The van der Waals surface area contributed by atoms with Crippen LogP contribution in [0.25, 0.3) is 259 Å². The number of benzene rings is 24. The molecule has 0 aliphatic carbocycles. The first-order chi connectivity index (χ1) is 70.9. The zero-order valence-corrected chi connectivity index (χ0v) is 78.3. The summed E-state index contributed by atoms with van der Waals surface area (Å²) in [5.41, 5.74) is 37.4. The molecule has 0 spiro atoms. The first-order valence-corrected chi connectivity index (χ1v) is 49.2. The molecule has 0 aliphatic rings. The highest BCUT2D eigenvalue weighted by atomic mass is 15.0. The highest BCUT2D eigenvalue weighted by Crippen LogP contribution is 2.46. The summed E-state index contributed by atoms with van der Waals surface area (Å²) in [6, 6.07) is 201. The fourth-order valence-corrected chi connectivity index (χ4v) is 22.5. The maximum absolute atomic E-state index is 2.43. The largest absolute Gasteiger partial charge is 0.309 e. The van der Waals surface area contributed by atoms with Crippen LogP contribution in [0.4, 0.5) is 0 Å². The van der Waals surface area contributed by atoms with E-state index >= 15 is 0 Å². The minimum absolute atomic E-state index is 1.15. The van der Waals surface area contributed by atoms with Crippen molar-refractivity contribution in [2.45, 2.75) is 0 Å². The average Bonchev–Trinajstić information content (AvgIpc) is 1.67. The van der Waals surface area contributed by atoms with Gasteiger partial charge in [0.25, 0.3) is 0 Å². The molecule has 0 aliphatic heterocycles. The molecule has 5 heteroatoms. The molecule has 0 bridgehead atoms. The number of hydrogen-bond acceptors (Lipinski definition) is 0. The molecule has 0 fully saturated rings. The van der Waals surface area contributed by atoms with Gasteiger partial charge in [0, 0.05) is 82.3 Å². The lowest BCUT2D eigenvalue weighted by Gasteiger charge is -2.14. The molecule has 0 saturated carbocycles. The van der Waals surface area contributed by atoms with Crippen LogP contribution in [-0.2, 0) is 0 Å². The molecule has 5 heterocycles. The van der Waals surface area contributed by atoms with Crippen molar-refractivity contribution in [3.63, 3.8) is 0 Å². The Bertz CT molecular complexity index is 9890. The van der Waals surface area contributed by atoms with Crippen molar-refractivity contribution in [1.82, 2.24) is 22.8 Å². The summed E-state index contributed by atoms with van der Waals surface area (Å²) in [5.74, 6) is 0. The Morgan fingerprint density at radius 3 is 0.608 bits per heavy atom. The van der Waals surface area contributed by atoms with Crippen LogP contribution in [0, 0.1) is 0 Å². The molecule has 29 aromatic rings. The summed E-state index contributed by atoms with van der Waals surface area (Å²) in [5, 5.41) is 20.4. The predicted octanol–water partition coefficient (Wildman–Crippen LogP) is 37.3. The second-order valence-electron chi connectivity index (χ2n) is 37.4. The Morgan fingerprint density at radius 1 is 0.0769 bits per heavy atom. The summed E-state index contributed by atoms with van der Waals surface area (Å²) in [4.78, 5) is 0. The zero-order valence-electron chi connectivity index (χ0n) is 78.3. The first kappa shape index (κ1) is 83.4. The highest BCUT2D eigenvalue weighted by Gasteiger charge is 2.23. The van der Waals surface area contributed by atoms with E-state index in [0.717, 1.165) is 17.1 Å². The van der Waals surface area contributed by atoms with Crippen molar-refractivity contribution in [2.24, 2.45) is 0 Å². The third kappa shape index (κ3) is 14.7. The van der Waals surface area contributed by atoms with Crippen LogP contribution in [0.1, 0.15) is 0 Å². The maximum Gasteiger partial charge on any atom is 0.0547 e. The van der Waals surface area contributed by atoms with Gasteiger partial charge in [0.15, 0.2) is 0 Å². The minimum atomic E-state index is 1.15. The van der Waals surface area contributed by atoms with Gasteiger partial charge in [0.1, 0.15) is 0 Å². The number of hydrogen-bond donors (Lipinski definition) is 0. The molecule has 24 aromatic carbocycles. The van der Waals surface area contributed by atoms with E-state index in [-0.39, 0.29) is 0 Å². The Hall–Kier alpha value is -18.9. The number of para-hydroxylation sites is 7. The zero-order chi connectivity index (χ0) is 94.4. The Kier molecular flexibility index (Phi) is 20.6. The number of nitrogens with zero attached hydrogens (tertiary/aromatic N) is 5. The van der Waals surface area contributed by atoms with E-state index in [4.69, 9.17) is 0 Å². The third-order valence-corrected chi connectivity index (χ3v) is 29.2. The normalized spacial score (nSPS) is 11.6. The highest BCUT2D eigenvalue weighted by molar-refractivity contribution is 6.26. The molecular weight excluding hydrogens is 1730 g/mol. The van der Waals surface area contributed by atoms with E-state index in [1.54, 1.807) is 0 Å². The van der Waals surface area contributed by atoms with Crippen molar-refractivity contribution in [2.75, 3.05) is 0 Å². The average molecular weight is 1820 g/mol. The number of aromatic nitrogens is 5. The van der Waals surface area contributed by atoms with Gasteiger partial charge in [-0.05, 0) is 285 Å². The van der Waals surface area contributed by atoms with Crippen LogP contribution in [0.15, 0.2) is 552 Å². The Morgan fingerprint density at radius 2 is 0.266 bits per heavy atom. The van der Waals surface area contributed by atoms with Crippen molar-refractivity contribution in [1.29, 1.82) is 0 Å². The van der Waals surface area contributed by atoms with Crippen LogP contribution in [0.3, 0.4) is 0 Å². The monoisotopic (exact) mass is 1820 g/mol. The molecule has 0 radical (unpaired) electrons. The summed E-state index contributed by atoms with van der Waals surface area (Å²) >= 11 is 0. The molecule has 0 N–H and O–H groups in total. The Labute approximate surface area is 827 Å². The first-order valence-electron chi connectivity index (χ1n) is 49.2. The minimum Gasteiger partial charge on any atom is -0.309 e. The van der Waals surface area contributed by atoms with E-state index < -0.39 is 0 Å². The van der Waals surface area contributed by atoms with Crippen molar-refractivity contribution >= 4 is 141 Å². The summed E-state index contributed by atoms with van der Waals surface area (Å²) in [6.45, 7) is 0. The van der Waals surface area contributed by atoms with E-state index in [1.165, 1.54) is 242 Å². The van der Waals surface area contributed by atoms with Gasteiger partial charge in [-0.2, -0.15) is 0 Å². The second kappa shape index (κ2) is 35.3. The SMILES string of the molecule is c1ccc(-c2cc(-c3ccccc3)cc(-n3c4ccccc4c4cc(-c5ccc6c(c5)c5ccccc5n6-c5ccccc5)ccc43)c2)cc1.c1ccc(-c2ccc(-n3c4ccccc4c4cc(-c5ccc6c7ccccc7n(-c7ccc(-c8ccccc8)cc7)c6c5)ccc43)cc2)cc1.c1ccc(-n2c3ccccc3c3cc(-c4cccc(-c5ccc6c7ccccc7c7ccccc7c6c5)c4)ccc32)cc1. The van der Waals surface area contributed by atoms with Crippen LogP contribution < -0.4 is 0 Å². The summed E-state index contributed by atoms with van der Waals surface area (Å²) < 4.78 is 12.0. The van der Waals surface area contributed by atoms with Crippen molar-refractivity contribution in [3.8, 4) is 117 Å². The van der Waals surface area contributed by atoms with E-state index in [9.17, 15) is 0 Å². The lowest BCUT2D eigenvalue weighted by atomic mass is 9.91. The smallest absolute Gasteiger partial charge is 0.0547 e. The topological polar surface area (TPSA) is 24.6 Å². The van der Waals surface area contributed by atoms with Crippen LogP contribution in [0.2, 0.25) is 0 Å². The van der Waals surface area contributed by atoms with Gasteiger partial charge in [-0.15, -0.1) is 0 Å². The molecule has 0 unspecified atom stereocenters. The van der Waals surface area contributed by atoms with Gasteiger partial charge in [-0.25, -0.2) is 0 Å². The van der Waals surface area contributed by atoms with Crippen LogP contribution in [0.5, 0.6) is 0 Å². The molecule has 668 valence electrons. The fraction of sp³-hybridized carbons (Fsp3) is 0. The van der Waals surface area contributed by atoms with Crippen molar-refractivity contribution < 1.29 is 0 Å². The molecule has 0 amide bonds. The molecular formula is C138H91N5. The molecule has 0 saturated heterocycles. The van der Waals surface area contributed by atoms with Gasteiger partial charge in [0.05, 0.1) is 55.2 Å². The van der Waals surface area contributed by atoms with Crippen LogP contribution >= 0.6 is 0 Å². The molecule has 143 heavy (non-hydrogen) atoms. The predicted molar refractivity (Wildman–Crippen MR) is 607 cm³/mol. The third-order valence-electron chi connectivity index (χ3n) is 29.2. The number of fused-ring (bicyclic) bond motifs is 21. The lowest BCUT2D eigenvalue weighted by molar-refractivity contribution is 1.18. The molecule has 5 nitrogen and oxygen atoms in total. The summed E-state index contributed by atoms with van der Waals surface area (Å²) in [7, 11) is 0. The van der Waals surface area contributed by atoms with E-state index in [0.29, 0.717) is 0 Å². The van der Waals surface area contributed by atoms with Gasteiger partial charge in [-0.1, -0.05) is 388 Å². The fourth-order valence-electron chi connectivity index (χ4n) is 22.5. The van der Waals surface area contributed by atoms with Gasteiger partial charge in [0.2, 0.25) is 0 Å². The van der Waals surface area contributed by atoms with E-state index in [1.807, 2.05) is 0 Å². The number of rotatable bonds is 13. The van der Waals surface area contributed by atoms with Crippen molar-refractivity contribution in [3.05, 3.63) is 552 Å². The van der Waals surface area contributed by atoms with Gasteiger partial charge >= 0.3 is 0 Å². The standard InChI is InChI=1S/2C48H32N2.C42H27N/c1-4-14-33(15-5-1)37-28-38(34-16-6-2-7-17-34)30-40(29-37)50-46-23-13-11-21-42(46)44-32-36(25-27-48(44)50)35-24-26-47-43(31-35)41-20-10-12-22-45(41)49(47)39-18-8-3-9-19-39;1-3-11-33(12-4-1)35-19-25-39(26-20-35)49-46-18-10-8-16-42(46)44-31-37(24-30-47(44)49)38-23-29-43-41-15-7-9-17-45(41)50(48(43)32-38)40-27-21-36(22-28-40)34-13-5-2-6-14-34;1-2-13-32(14-3-1)43-41-20-9-8-19-38(41)40-27-31(22-24-42(40)43)29-12-10-11-28(25-29)30-21-23-37-35-17-5-4-15-33(35)34-16-6-7-18-36(34)39(37)26-30/h2*1-32H;1-27H. The van der Waals surface area contributed by atoms with Crippen LogP contribution in [-0.4, -0.2) is 22.8 Å². The quantitative estimate of drug-likeness (QED) is 0.103. The maximum atomic E-state index is 2.43. The molecule has 5 aromatic heterocycles. The van der Waals surface area contributed by atoms with Gasteiger partial charge in [-0.3, -0.25) is 0 Å². The second-order valence-corrected chi connectivity index (χ2v) is 37.4. The molecule has 0 atom stereocenters. The van der Waals surface area contributed by atoms with E-state index in [2.05, 4.69) is 575 Å². The summed E-state index contributed by atoms with van der Waals surface area (Å²) in [6.07, 6.45) is 0. The Balaban J connectivity index is 0.000000107. The molecule has 29 rings (SSSR count).